The summed E-state index contributed by atoms with van der Waals surface area (Å²) in [5.41, 5.74) is 0.352. The van der Waals surface area contributed by atoms with Crippen LogP contribution in [0.4, 0.5) is 11.4 Å². The molecule has 0 radical (unpaired) electrons. The van der Waals surface area contributed by atoms with Crippen molar-refractivity contribution < 1.29 is 13.3 Å². The van der Waals surface area contributed by atoms with Crippen molar-refractivity contribution in [2.24, 2.45) is 0 Å². The molecule has 0 aromatic heterocycles. The summed E-state index contributed by atoms with van der Waals surface area (Å²) in [6.45, 7) is 6.93. The lowest BCUT2D eigenvalue weighted by molar-refractivity contribution is -0.384. The van der Waals surface area contributed by atoms with Gasteiger partial charge < -0.3 is 4.90 Å². The SMILES string of the molecule is CCN(CC)S(=O)(=O)c1ccc(N2CCSCCC2C)c([N+](=O)[O-])c1. The van der Waals surface area contributed by atoms with Gasteiger partial charge in [-0.3, -0.25) is 10.1 Å². The number of nitro groups is 1. The van der Waals surface area contributed by atoms with Crippen molar-refractivity contribution in [3.05, 3.63) is 28.3 Å². The number of benzene rings is 1. The highest BCUT2D eigenvalue weighted by Crippen LogP contribution is 2.34. The number of nitrogens with zero attached hydrogens (tertiary/aromatic N) is 3. The second-order valence-corrected chi connectivity index (χ2v) is 9.10. The highest BCUT2D eigenvalue weighted by molar-refractivity contribution is 7.99. The maximum absolute atomic E-state index is 12.7. The average Bonchev–Trinajstić information content (AvgIpc) is 2.79. The Morgan fingerprint density at radius 1 is 1.32 bits per heavy atom. The monoisotopic (exact) mass is 387 g/mol. The van der Waals surface area contributed by atoms with E-state index in [-0.39, 0.29) is 16.6 Å². The van der Waals surface area contributed by atoms with Crippen LogP contribution in [0.25, 0.3) is 0 Å². The molecule has 9 heteroatoms. The van der Waals surface area contributed by atoms with Gasteiger partial charge in [0.25, 0.3) is 5.69 Å². The molecule has 1 aromatic carbocycles. The third kappa shape index (κ3) is 4.27. The molecule has 2 rings (SSSR count). The van der Waals surface area contributed by atoms with Gasteiger partial charge in [-0.25, -0.2) is 8.42 Å². The van der Waals surface area contributed by atoms with Crippen LogP contribution in [0.5, 0.6) is 0 Å². The number of hydrogen-bond acceptors (Lipinski definition) is 6. The molecule has 1 fully saturated rings. The summed E-state index contributed by atoms with van der Waals surface area (Å²) in [5, 5.41) is 11.6. The molecule has 0 spiro atoms. The molecule has 0 N–H and O–H groups in total. The summed E-state index contributed by atoms with van der Waals surface area (Å²) in [4.78, 5) is 13.1. The predicted octanol–water partition coefficient (Wildman–Crippen LogP) is 2.96. The van der Waals surface area contributed by atoms with Crippen molar-refractivity contribution in [3.63, 3.8) is 0 Å². The molecule has 1 aliphatic heterocycles. The van der Waals surface area contributed by atoms with E-state index in [0.29, 0.717) is 18.8 Å². The van der Waals surface area contributed by atoms with Gasteiger partial charge in [0.15, 0.2) is 0 Å². The van der Waals surface area contributed by atoms with E-state index < -0.39 is 14.9 Å². The summed E-state index contributed by atoms with van der Waals surface area (Å²) in [7, 11) is -3.72. The zero-order valence-electron chi connectivity index (χ0n) is 14.8. The Morgan fingerprint density at radius 2 is 2.00 bits per heavy atom. The summed E-state index contributed by atoms with van der Waals surface area (Å²) >= 11 is 1.84. The van der Waals surface area contributed by atoms with Gasteiger partial charge in [0.05, 0.1) is 9.82 Å². The zero-order valence-corrected chi connectivity index (χ0v) is 16.5. The average molecular weight is 388 g/mol. The first-order valence-corrected chi connectivity index (χ1v) is 11.0. The van der Waals surface area contributed by atoms with E-state index in [2.05, 4.69) is 6.92 Å². The van der Waals surface area contributed by atoms with E-state index in [0.717, 1.165) is 24.5 Å². The molecule has 1 atom stereocenters. The van der Waals surface area contributed by atoms with E-state index in [1.165, 1.54) is 16.4 Å². The minimum atomic E-state index is -3.72. The molecule has 0 bridgehead atoms. The summed E-state index contributed by atoms with van der Waals surface area (Å²) in [5.74, 6) is 1.93. The second-order valence-electron chi connectivity index (χ2n) is 5.94. The lowest BCUT2D eigenvalue weighted by Crippen LogP contribution is -2.34. The Bertz CT molecular complexity index is 720. The van der Waals surface area contributed by atoms with Gasteiger partial charge in [0, 0.05) is 37.5 Å². The van der Waals surface area contributed by atoms with Crippen LogP contribution in [0.3, 0.4) is 0 Å². The van der Waals surface area contributed by atoms with E-state index in [9.17, 15) is 18.5 Å². The first kappa shape index (κ1) is 20.0. The van der Waals surface area contributed by atoms with Crippen molar-refractivity contribution in [1.82, 2.24) is 4.31 Å². The molecule has 1 unspecified atom stereocenters. The lowest BCUT2D eigenvalue weighted by atomic mass is 10.1. The molecule has 7 nitrogen and oxygen atoms in total. The zero-order chi connectivity index (χ0) is 18.6. The maximum Gasteiger partial charge on any atom is 0.293 e. The highest BCUT2D eigenvalue weighted by atomic mass is 32.2. The standard InChI is InChI=1S/C16H25N3O4S2/c1-4-17(5-2)25(22,23)14-6-7-15(16(12-14)19(20)21)18-9-11-24-10-8-13(18)3/h6-7,12-13H,4-5,8-11H2,1-3H3. The predicted molar refractivity (Wildman–Crippen MR) is 102 cm³/mol. The topological polar surface area (TPSA) is 83.8 Å². The van der Waals surface area contributed by atoms with Crippen LogP contribution >= 0.6 is 11.8 Å². The van der Waals surface area contributed by atoms with Gasteiger partial charge in [-0.05, 0) is 31.2 Å². The molecule has 1 aliphatic rings. The molecule has 0 saturated carbocycles. The number of rotatable bonds is 6. The van der Waals surface area contributed by atoms with Crippen LogP contribution in [0.1, 0.15) is 27.2 Å². The second kappa shape index (κ2) is 8.37. The molecule has 140 valence electrons. The molecule has 1 saturated heterocycles. The van der Waals surface area contributed by atoms with Crippen LogP contribution in [0.2, 0.25) is 0 Å². The first-order valence-electron chi connectivity index (χ1n) is 8.45. The number of anilines is 1. The Kier molecular flexibility index (Phi) is 6.70. The molecule has 0 amide bonds. The van der Waals surface area contributed by atoms with Crippen molar-refractivity contribution >= 4 is 33.2 Å². The van der Waals surface area contributed by atoms with Gasteiger partial charge in [-0.2, -0.15) is 16.1 Å². The molecule has 1 aromatic rings. The van der Waals surface area contributed by atoms with Crippen LogP contribution in [0.15, 0.2) is 23.1 Å². The highest BCUT2D eigenvalue weighted by Gasteiger charge is 2.29. The Morgan fingerprint density at radius 3 is 2.60 bits per heavy atom. The van der Waals surface area contributed by atoms with Gasteiger partial charge in [-0.1, -0.05) is 13.8 Å². The maximum atomic E-state index is 12.7. The fourth-order valence-corrected chi connectivity index (χ4v) is 5.53. The van der Waals surface area contributed by atoms with Gasteiger partial charge in [0.1, 0.15) is 5.69 Å². The number of hydrogen-bond donors (Lipinski definition) is 0. The van der Waals surface area contributed by atoms with Crippen LogP contribution in [-0.4, -0.2) is 54.8 Å². The normalized spacial score (nSPS) is 19.0. The third-order valence-electron chi connectivity index (χ3n) is 4.48. The number of nitro benzene ring substituents is 1. The fourth-order valence-electron chi connectivity index (χ4n) is 3.02. The molecular weight excluding hydrogens is 362 g/mol. The minimum Gasteiger partial charge on any atom is -0.362 e. The lowest BCUT2D eigenvalue weighted by Gasteiger charge is -2.29. The van der Waals surface area contributed by atoms with E-state index in [4.69, 9.17) is 0 Å². The van der Waals surface area contributed by atoms with Crippen molar-refractivity contribution in [1.29, 1.82) is 0 Å². The van der Waals surface area contributed by atoms with Gasteiger partial charge >= 0.3 is 0 Å². The van der Waals surface area contributed by atoms with E-state index in [1.54, 1.807) is 19.9 Å². The van der Waals surface area contributed by atoms with Gasteiger partial charge in [0.2, 0.25) is 10.0 Å². The van der Waals surface area contributed by atoms with E-state index in [1.807, 2.05) is 16.7 Å². The van der Waals surface area contributed by atoms with Crippen molar-refractivity contribution in [2.75, 3.05) is 36.0 Å². The Labute approximate surface area is 153 Å². The molecular formula is C16H25N3O4S2. The van der Waals surface area contributed by atoms with Crippen molar-refractivity contribution in [3.8, 4) is 0 Å². The Hall–Kier alpha value is -1.32. The summed E-state index contributed by atoms with van der Waals surface area (Å²) in [6.07, 6.45) is 0.946. The minimum absolute atomic E-state index is 0.0245. The first-order chi connectivity index (χ1) is 11.8. The largest absolute Gasteiger partial charge is 0.362 e. The van der Waals surface area contributed by atoms with E-state index >= 15 is 0 Å². The smallest absolute Gasteiger partial charge is 0.293 e. The summed E-state index contributed by atoms with van der Waals surface area (Å²) < 4.78 is 26.6. The number of thioether (sulfide) groups is 1. The van der Waals surface area contributed by atoms with Crippen LogP contribution in [-0.2, 0) is 10.0 Å². The summed E-state index contributed by atoms with van der Waals surface area (Å²) in [6, 6.07) is 4.45. The van der Waals surface area contributed by atoms with Crippen molar-refractivity contribution in [2.45, 2.75) is 38.1 Å². The molecule has 25 heavy (non-hydrogen) atoms. The number of sulfonamides is 1. The quantitative estimate of drug-likeness (QED) is 0.551. The fraction of sp³-hybridized carbons (Fsp3) is 0.625. The molecule has 0 aliphatic carbocycles. The van der Waals surface area contributed by atoms with Crippen LogP contribution < -0.4 is 4.90 Å². The van der Waals surface area contributed by atoms with Crippen LogP contribution in [0, 0.1) is 10.1 Å². The third-order valence-corrected chi connectivity index (χ3v) is 7.53. The Balaban J connectivity index is 2.49. The molecule has 1 heterocycles. The van der Waals surface area contributed by atoms with Gasteiger partial charge in [-0.15, -0.1) is 0 Å².